The van der Waals surface area contributed by atoms with Gasteiger partial charge in [-0.1, -0.05) is 30.7 Å². The molecular formula is C14H17ClN2O3. The largest absolute Gasteiger partial charge is 0.480 e. The Morgan fingerprint density at radius 2 is 2.10 bits per heavy atom. The fraction of sp³-hybridized carbons (Fsp3) is 0.429. The van der Waals surface area contributed by atoms with Gasteiger partial charge in [0, 0.05) is 6.04 Å². The summed E-state index contributed by atoms with van der Waals surface area (Å²) in [5.41, 5.74) is 0.491. The van der Waals surface area contributed by atoms with Gasteiger partial charge in [-0.05, 0) is 31.4 Å². The van der Waals surface area contributed by atoms with Gasteiger partial charge in [0.15, 0.2) is 0 Å². The SMILES string of the molecule is CC[C@@H](C(=O)O)N(C(=O)Nc1ccccc1Cl)C1CC1. The van der Waals surface area contributed by atoms with E-state index in [0.29, 0.717) is 17.1 Å². The van der Waals surface area contributed by atoms with Crippen LogP contribution in [0.5, 0.6) is 0 Å². The normalized spacial score (nSPS) is 15.5. The summed E-state index contributed by atoms with van der Waals surface area (Å²) in [5, 5.41) is 12.4. The molecule has 1 atom stereocenters. The van der Waals surface area contributed by atoms with Crippen molar-refractivity contribution in [1.29, 1.82) is 0 Å². The Bertz CT molecular complexity index is 517. The van der Waals surface area contributed by atoms with Crippen molar-refractivity contribution in [3.05, 3.63) is 29.3 Å². The zero-order valence-electron chi connectivity index (χ0n) is 11.2. The molecule has 0 saturated heterocycles. The second-order valence-corrected chi connectivity index (χ2v) is 5.22. The lowest BCUT2D eigenvalue weighted by atomic mass is 10.2. The molecule has 0 bridgehead atoms. The van der Waals surface area contributed by atoms with E-state index < -0.39 is 18.0 Å². The second-order valence-electron chi connectivity index (χ2n) is 4.81. The van der Waals surface area contributed by atoms with Gasteiger partial charge >= 0.3 is 12.0 Å². The van der Waals surface area contributed by atoms with Crippen LogP contribution in [0.25, 0.3) is 0 Å². The smallest absolute Gasteiger partial charge is 0.326 e. The molecule has 1 aromatic rings. The molecule has 0 aromatic heterocycles. The summed E-state index contributed by atoms with van der Waals surface area (Å²) in [6.45, 7) is 1.76. The molecule has 1 aromatic carbocycles. The first-order chi connectivity index (χ1) is 9.54. The summed E-state index contributed by atoms with van der Waals surface area (Å²) in [6.07, 6.45) is 2.07. The molecule has 20 heavy (non-hydrogen) atoms. The van der Waals surface area contributed by atoms with Gasteiger partial charge in [0.25, 0.3) is 0 Å². The first-order valence-electron chi connectivity index (χ1n) is 6.61. The number of rotatable bonds is 5. The number of carbonyl (C=O) groups excluding carboxylic acids is 1. The zero-order valence-corrected chi connectivity index (χ0v) is 11.9. The molecular weight excluding hydrogens is 280 g/mol. The number of hydrogen-bond acceptors (Lipinski definition) is 2. The van der Waals surface area contributed by atoms with Crippen LogP contribution in [0.4, 0.5) is 10.5 Å². The molecule has 1 aliphatic rings. The van der Waals surface area contributed by atoms with Crippen molar-refractivity contribution in [2.45, 2.75) is 38.3 Å². The number of amides is 2. The number of nitrogens with one attached hydrogen (secondary N) is 1. The highest BCUT2D eigenvalue weighted by Crippen LogP contribution is 2.31. The van der Waals surface area contributed by atoms with Crippen LogP contribution in [0.2, 0.25) is 5.02 Å². The maximum absolute atomic E-state index is 12.3. The van der Waals surface area contributed by atoms with Crippen LogP contribution in [0, 0.1) is 0 Å². The Balaban J connectivity index is 2.16. The number of hydrogen-bond donors (Lipinski definition) is 2. The van der Waals surface area contributed by atoms with Gasteiger partial charge in [-0.3, -0.25) is 0 Å². The zero-order chi connectivity index (χ0) is 14.7. The van der Waals surface area contributed by atoms with E-state index in [1.165, 1.54) is 4.90 Å². The minimum Gasteiger partial charge on any atom is -0.480 e. The van der Waals surface area contributed by atoms with Gasteiger partial charge in [-0.2, -0.15) is 0 Å². The van der Waals surface area contributed by atoms with Crippen molar-refractivity contribution in [2.75, 3.05) is 5.32 Å². The van der Waals surface area contributed by atoms with Crippen LogP contribution in [0.15, 0.2) is 24.3 Å². The Kier molecular flexibility index (Phi) is 4.49. The maximum atomic E-state index is 12.3. The highest BCUT2D eigenvalue weighted by atomic mass is 35.5. The summed E-state index contributed by atoms with van der Waals surface area (Å²) in [6, 6.07) is 5.69. The van der Waals surface area contributed by atoms with Crippen LogP contribution in [0.1, 0.15) is 26.2 Å². The number of urea groups is 1. The number of nitrogens with zero attached hydrogens (tertiary/aromatic N) is 1. The molecule has 0 spiro atoms. The molecule has 1 saturated carbocycles. The van der Waals surface area contributed by atoms with E-state index in [2.05, 4.69) is 5.32 Å². The Hall–Kier alpha value is -1.75. The van der Waals surface area contributed by atoms with Gasteiger partial charge in [-0.25, -0.2) is 9.59 Å². The monoisotopic (exact) mass is 296 g/mol. The fourth-order valence-electron chi connectivity index (χ4n) is 2.15. The predicted molar refractivity (Wildman–Crippen MR) is 77.0 cm³/mol. The second kappa shape index (κ2) is 6.13. The first kappa shape index (κ1) is 14.7. The number of carboxylic acid groups (broad SMARTS) is 1. The molecule has 0 radical (unpaired) electrons. The molecule has 5 nitrogen and oxygen atoms in total. The third-order valence-electron chi connectivity index (χ3n) is 3.30. The summed E-state index contributed by atoms with van der Waals surface area (Å²) in [4.78, 5) is 25.0. The third kappa shape index (κ3) is 3.22. The van der Waals surface area contributed by atoms with Crippen LogP contribution < -0.4 is 5.32 Å². The Labute approximate surface area is 122 Å². The van der Waals surface area contributed by atoms with Crippen LogP contribution in [0.3, 0.4) is 0 Å². The van der Waals surface area contributed by atoms with Gasteiger partial charge < -0.3 is 15.3 Å². The molecule has 2 amide bonds. The van der Waals surface area contributed by atoms with Crippen molar-refractivity contribution in [1.82, 2.24) is 4.90 Å². The highest BCUT2D eigenvalue weighted by Gasteiger charge is 2.39. The van der Waals surface area contributed by atoms with Gasteiger partial charge in [-0.15, -0.1) is 0 Å². The fourth-order valence-corrected chi connectivity index (χ4v) is 2.33. The predicted octanol–water partition coefficient (Wildman–Crippen LogP) is 3.20. The first-order valence-corrected chi connectivity index (χ1v) is 6.99. The minimum absolute atomic E-state index is 0.0125. The van der Waals surface area contributed by atoms with Gasteiger partial charge in [0.1, 0.15) is 6.04 Å². The summed E-state index contributed by atoms with van der Waals surface area (Å²) in [5.74, 6) is -0.978. The highest BCUT2D eigenvalue weighted by molar-refractivity contribution is 6.33. The lowest BCUT2D eigenvalue weighted by Crippen LogP contribution is -2.48. The molecule has 0 unspecified atom stereocenters. The number of aliphatic carboxylic acids is 1. The van der Waals surface area contributed by atoms with E-state index in [1.54, 1.807) is 31.2 Å². The van der Waals surface area contributed by atoms with Crippen molar-refractivity contribution in [3.8, 4) is 0 Å². The molecule has 1 fully saturated rings. The van der Waals surface area contributed by atoms with Crippen LogP contribution in [-0.2, 0) is 4.79 Å². The quantitative estimate of drug-likeness (QED) is 0.876. The van der Waals surface area contributed by atoms with Crippen molar-refractivity contribution in [3.63, 3.8) is 0 Å². The number of benzene rings is 1. The minimum atomic E-state index is -0.978. The number of halogens is 1. The lowest BCUT2D eigenvalue weighted by Gasteiger charge is -2.28. The number of anilines is 1. The molecule has 0 heterocycles. The number of para-hydroxylation sites is 1. The number of carboxylic acids is 1. The molecule has 1 aliphatic carbocycles. The average molecular weight is 297 g/mol. The molecule has 0 aliphatic heterocycles. The summed E-state index contributed by atoms with van der Waals surface area (Å²) >= 11 is 5.99. The maximum Gasteiger partial charge on any atom is 0.326 e. The van der Waals surface area contributed by atoms with Gasteiger partial charge in [0.2, 0.25) is 0 Å². The van der Waals surface area contributed by atoms with Crippen molar-refractivity contribution < 1.29 is 14.7 Å². The van der Waals surface area contributed by atoms with Crippen LogP contribution in [-0.4, -0.2) is 34.1 Å². The summed E-state index contributed by atoms with van der Waals surface area (Å²) in [7, 11) is 0. The van der Waals surface area contributed by atoms with Crippen molar-refractivity contribution in [2.24, 2.45) is 0 Å². The standard InChI is InChI=1S/C14H17ClN2O3/c1-2-12(13(18)19)17(9-7-8-9)14(20)16-11-6-4-3-5-10(11)15/h3-6,9,12H,2,7-8H2,1H3,(H,16,20)(H,18,19)/t12-/m0/s1. The Morgan fingerprint density at radius 1 is 1.45 bits per heavy atom. The molecule has 2 rings (SSSR count). The molecule has 2 N–H and O–H groups in total. The van der Waals surface area contributed by atoms with Crippen LogP contribution >= 0.6 is 11.6 Å². The van der Waals surface area contributed by atoms with E-state index in [4.69, 9.17) is 11.6 Å². The van der Waals surface area contributed by atoms with E-state index in [9.17, 15) is 14.7 Å². The Morgan fingerprint density at radius 3 is 2.60 bits per heavy atom. The topological polar surface area (TPSA) is 69.6 Å². The van der Waals surface area contributed by atoms with E-state index in [0.717, 1.165) is 12.8 Å². The lowest BCUT2D eigenvalue weighted by molar-refractivity contribution is -0.142. The van der Waals surface area contributed by atoms with E-state index in [-0.39, 0.29) is 6.04 Å². The van der Waals surface area contributed by atoms with Gasteiger partial charge in [0.05, 0.1) is 10.7 Å². The van der Waals surface area contributed by atoms with E-state index >= 15 is 0 Å². The third-order valence-corrected chi connectivity index (χ3v) is 3.63. The molecule has 108 valence electrons. The number of carbonyl (C=O) groups is 2. The summed E-state index contributed by atoms with van der Waals surface area (Å²) < 4.78 is 0. The van der Waals surface area contributed by atoms with Crippen molar-refractivity contribution >= 4 is 29.3 Å². The van der Waals surface area contributed by atoms with E-state index in [1.807, 2.05) is 0 Å². The molecule has 6 heteroatoms. The average Bonchev–Trinajstić information content (AvgIpc) is 3.22.